The number of amides is 2. The number of ether oxygens (including phenoxy) is 2. The highest BCUT2D eigenvalue weighted by Crippen LogP contribution is 2.39. The molecule has 0 aromatic heterocycles. The number of benzene rings is 5. The molecule has 1 aliphatic heterocycles. The number of aliphatic hydroxyl groups excluding tert-OH is 2. The summed E-state index contributed by atoms with van der Waals surface area (Å²) in [7, 11) is 2.02. The molecular weight excluding hydrogens is 638 g/mol. The zero-order valence-electron chi connectivity index (χ0n) is 29.2. The number of nitrogens with one attached hydrogen (secondary N) is 2. The zero-order chi connectivity index (χ0) is 35.6. The largest absolute Gasteiger partial charge is 0.392 e. The number of carbonyl (C=O) groups excluding carboxylic acids is 1. The van der Waals surface area contributed by atoms with Crippen molar-refractivity contribution >= 4 is 6.03 Å². The van der Waals surface area contributed by atoms with Crippen LogP contribution in [0.1, 0.15) is 65.2 Å². The topological polar surface area (TPSA) is 103 Å². The first kappa shape index (κ1) is 36.0. The summed E-state index contributed by atoms with van der Waals surface area (Å²) in [6.45, 7) is 3.48. The van der Waals surface area contributed by atoms with Crippen molar-refractivity contribution in [3.8, 4) is 11.1 Å². The fraction of sp³-hybridized carbons (Fsp3) is 0.279. The highest BCUT2D eigenvalue weighted by molar-refractivity contribution is 5.74. The van der Waals surface area contributed by atoms with Gasteiger partial charge in [0.1, 0.15) is 0 Å². The summed E-state index contributed by atoms with van der Waals surface area (Å²) in [5.41, 5.74) is 7.71. The summed E-state index contributed by atoms with van der Waals surface area (Å²) in [5.74, 6) is 0. The Kier molecular flexibility index (Phi) is 12.3. The first-order valence-corrected chi connectivity index (χ1v) is 17.5. The van der Waals surface area contributed by atoms with Gasteiger partial charge in [0.15, 0.2) is 6.29 Å². The van der Waals surface area contributed by atoms with E-state index in [1.807, 2.05) is 123 Å². The average molecular weight is 686 g/mol. The SMILES string of the molecule is CC(C(O)c1ccccc1)N(C)CC1CC(c2ccc(CO)cc2)OC(c2cccc(-c3cccc(CNC(=O)NCc4ccccc4)c3)c2)O1. The Hall–Kier alpha value is -4.83. The Morgan fingerprint density at radius 1 is 0.745 bits per heavy atom. The van der Waals surface area contributed by atoms with Gasteiger partial charge >= 0.3 is 6.03 Å². The van der Waals surface area contributed by atoms with Crippen LogP contribution in [0.2, 0.25) is 0 Å². The molecule has 0 aliphatic carbocycles. The standard InChI is InChI=1S/C43H47N3O5/c1-30(41(48)35-14-7-4-8-15-35)46(2)28-39-25-40(34-21-19-32(29-47)20-22-34)51-42(50-39)38-18-10-17-37(24-38)36-16-9-13-33(23-36)27-45-43(49)44-26-31-11-5-3-6-12-31/h3-24,30,39-42,47-48H,25-29H2,1-2H3,(H2,44,45,49). The van der Waals surface area contributed by atoms with Crippen LogP contribution < -0.4 is 10.6 Å². The van der Waals surface area contributed by atoms with Gasteiger partial charge in [0.2, 0.25) is 0 Å². The van der Waals surface area contributed by atoms with Crippen LogP contribution in [0.5, 0.6) is 0 Å². The molecule has 1 aliphatic rings. The second kappa shape index (κ2) is 17.4. The van der Waals surface area contributed by atoms with Crippen molar-refractivity contribution in [3.63, 3.8) is 0 Å². The second-order valence-electron chi connectivity index (χ2n) is 13.2. The van der Waals surface area contributed by atoms with E-state index < -0.39 is 12.4 Å². The number of aliphatic hydroxyl groups is 2. The smallest absolute Gasteiger partial charge is 0.315 e. The molecule has 6 rings (SSSR count). The highest BCUT2D eigenvalue weighted by Gasteiger charge is 2.34. The fourth-order valence-electron chi connectivity index (χ4n) is 6.44. The van der Waals surface area contributed by atoms with Crippen molar-refractivity contribution in [1.29, 1.82) is 0 Å². The maximum atomic E-state index is 12.5. The predicted octanol–water partition coefficient (Wildman–Crippen LogP) is 7.44. The van der Waals surface area contributed by atoms with E-state index in [2.05, 4.69) is 39.8 Å². The molecular formula is C43H47N3O5. The van der Waals surface area contributed by atoms with Crippen LogP contribution in [-0.2, 0) is 29.2 Å². The molecule has 5 unspecified atom stereocenters. The summed E-state index contributed by atoms with van der Waals surface area (Å²) in [6, 6.07) is 43.4. The third-order valence-corrected chi connectivity index (χ3v) is 9.57. The van der Waals surface area contributed by atoms with Gasteiger partial charge in [-0.1, -0.05) is 121 Å². The normalized spacial score (nSPS) is 18.6. The molecule has 8 nitrogen and oxygen atoms in total. The maximum absolute atomic E-state index is 12.5. The second-order valence-corrected chi connectivity index (χ2v) is 13.2. The molecule has 5 atom stereocenters. The van der Waals surface area contributed by atoms with Crippen LogP contribution in [-0.4, -0.2) is 46.9 Å². The number of rotatable bonds is 13. The number of hydrogen-bond donors (Lipinski definition) is 4. The van der Waals surface area contributed by atoms with E-state index >= 15 is 0 Å². The van der Waals surface area contributed by atoms with Crippen molar-refractivity contribution in [2.24, 2.45) is 0 Å². The van der Waals surface area contributed by atoms with Gasteiger partial charge in [-0.2, -0.15) is 0 Å². The summed E-state index contributed by atoms with van der Waals surface area (Å²) in [5, 5.41) is 26.6. The predicted molar refractivity (Wildman–Crippen MR) is 199 cm³/mol. The Labute approximate surface area is 300 Å². The molecule has 1 fully saturated rings. The molecule has 2 amide bonds. The zero-order valence-corrected chi connectivity index (χ0v) is 29.2. The number of nitrogens with zero attached hydrogens (tertiary/aromatic N) is 1. The van der Waals surface area contributed by atoms with Gasteiger partial charge in [-0.15, -0.1) is 0 Å². The van der Waals surface area contributed by atoms with Crippen LogP contribution in [0.25, 0.3) is 11.1 Å². The quantitative estimate of drug-likeness (QED) is 0.103. The molecule has 1 heterocycles. The molecule has 0 saturated carbocycles. The van der Waals surface area contributed by atoms with Crippen LogP contribution >= 0.6 is 0 Å². The number of urea groups is 1. The van der Waals surface area contributed by atoms with Crippen LogP contribution in [0.4, 0.5) is 4.79 Å². The first-order valence-electron chi connectivity index (χ1n) is 17.5. The Bertz CT molecular complexity index is 1840. The van der Waals surface area contributed by atoms with Gasteiger partial charge < -0.3 is 30.3 Å². The van der Waals surface area contributed by atoms with Gasteiger partial charge in [-0.3, -0.25) is 4.90 Å². The summed E-state index contributed by atoms with van der Waals surface area (Å²) < 4.78 is 13.3. The number of carbonyl (C=O) groups is 1. The molecule has 5 aromatic carbocycles. The van der Waals surface area contributed by atoms with Gasteiger partial charge in [0, 0.05) is 37.7 Å². The van der Waals surface area contributed by atoms with Crippen molar-refractivity contribution in [2.75, 3.05) is 13.6 Å². The lowest BCUT2D eigenvalue weighted by molar-refractivity contribution is -0.253. The highest BCUT2D eigenvalue weighted by atomic mass is 16.7. The molecule has 264 valence electrons. The first-order chi connectivity index (χ1) is 24.9. The Balaban J connectivity index is 1.16. The Morgan fingerprint density at radius 3 is 2.08 bits per heavy atom. The number of hydrogen-bond acceptors (Lipinski definition) is 6. The van der Waals surface area contributed by atoms with E-state index in [4.69, 9.17) is 9.47 Å². The lowest BCUT2D eigenvalue weighted by Gasteiger charge is -2.39. The molecule has 5 aromatic rings. The Morgan fingerprint density at radius 2 is 1.37 bits per heavy atom. The molecule has 1 saturated heterocycles. The fourth-order valence-corrected chi connectivity index (χ4v) is 6.44. The van der Waals surface area contributed by atoms with Crippen molar-refractivity contribution in [1.82, 2.24) is 15.5 Å². The van der Waals surface area contributed by atoms with Gasteiger partial charge in [-0.05, 0) is 65.0 Å². The maximum Gasteiger partial charge on any atom is 0.315 e. The van der Waals surface area contributed by atoms with Crippen molar-refractivity contribution in [2.45, 2.75) is 63.7 Å². The van der Waals surface area contributed by atoms with Crippen LogP contribution in [0, 0.1) is 0 Å². The average Bonchev–Trinajstić information content (AvgIpc) is 3.19. The monoisotopic (exact) mass is 685 g/mol. The minimum atomic E-state index is -0.639. The van der Waals surface area contributed by atoms with Gasteiger partial charge in [0.05, 0.1) is 24.9 Å². The van der Waals surface area contributed by atoms with E-state index in [0.717, 1.165) is 44.5 Å². The molecule has 0 radical (unpaired) electrons. The van der Waals surface area contributed by atoms with Gasteiger partial charge in [0.25, 0.3) is 0 Å². The van der Waals surface area contributed by atoms with E-state index in [1.165, 1.54) is 0 Å². The van der Waals surface area contributed by atoms with Crippen LogP contribution in [0.15, 0.2) is 133 Å². The van der Waals surface area contributed by atoms with Crippen molar-refractivity contribution in [3.05, 3.63) is 167 Å². The lowest BCUT2D eigenvalue weighted by Crippen LogP contribution is -2.43. The minimum Gasteiger partial charge on any atom is -0.392 e. The third kappa shape index (κ3) is 9.70. The summed E-state index contributed by atoms with van der Waals surface area (Å²) in [6.07, 6.45) is -1.02. The minimum absolute atomic E-state index is 0.0158. The molecule has 0 bridgehead atoms. The van der Waals surface area contributed by atoms with Crippen molar-refractivity contribution < 1.29 is 24.5 Å². The summed E-state index contributed by atoms with van der Waals surface area (Å²) in [4.78, 5) is 14.6. The molecule has 0 spiro atoms. The van der Waals surface area contributed by atoms with E-state index in [0.29, 0.717) is 26.1 Å². The lowest BCUT2D eigenvalue weighted by atomic mass is 9.97. The molecule has 8 heteroatoms. The van der Waals surface area contributed by atoms with E-state index in [-0.39, 0.29) is 30.9 Å². The van der Waals surface area contributed by atoms with E-state index in [1.54, 1.807) is 0 Å². The van der Waals surface area contributed by atoms with Gasteiger partial charge in [-0.25, -0.2) is 4.79 Å². The molecule has 4 N–H and O–H groups in total. The third-order valence-electron chi connectivity index (χ3n) is 9.57. The number of likely N-dealkylation sites (N-methyl/N-ethyl adjacent to an activating group) is 1. The summed E-state index contributed by atoms with van der Waals surface area (Å²) >= 11 is 0. The molecule has 51 heavy (non-hydrogen) atoms. The van der Waals surface area contributed by atoms with E-state index in [9.17, 15) is 15.0 Å². The van der Waals surface area contributed by atoms with Crippen LogP contribution in [0.3, 0.4) is 0 Å².